The molecule has 1 saturated heterocycles. The number of carbonyl (C=O) groups excluding carboxylic acids is 2. The standard InChI is InChI=1S/C28H44N6O8/c1-28(2,22-5-3-4-6-22)17-23(35)29-7-8-30-24(36)18-31-9-11-32(19-25(37)38)13-15-34(21-27(41)42)16-14-33(12-10-31)20-26(39)40/h3-5H,7-21H2,1-2H3,(H,29,35)(H,30,36)(H,37,38)(H,39,40)(H,41,42). The summed E-state index contributed by atoms with van der Waals surface area (Å²) in [6, 6.07) is 0. The van der Waals surface area contributed by atoms with Gasteiger partial charge < -0.3 is 26.0 Å². The first-order valence-electron chi connectivity index (χ1n) is 14.1. The Morgan fingerprint density at radius 1 is 0.690 bits per heavy atom. The van der Waals surface area contributed by atoms with E-state index in [1.54, 1.807) is 14.7 Å². The van der Waals surface area contributed by atoms with Gasteiger partial charge in [0.2, 0.25) is 11.8 Å². The Bertz CT molecular complexity index is 1040. The summed E-state index contributed by atoms with van der Waals surface area (Å²) in [5.41, 5.74) is 3.72. The Balaban J connectivity index is 1.92. The molecule has 0 radical (unpaired) electrons. The van der Waals surface area contributed by atoms with Crippen LogP contribution in [-0.2, 0) is 24.0 Å². The Labute approximate surface area is 246 Å². The fourth-order valence-corrected chi connectivity index (χ4v) is 4.76. The number of rotatable bonds is 14. The number of allylic oxidation sites excluding steroid dienone is 3. The summed E-state index contributed by atoms with van der Waals surface area (Å²) in [4.78, 5) is 66.2. The van der Waals surface area contributed by atoms with Crippen molar-refractivity contribution in [2.75, 3.05) is 91.6 Å². The van der Waals surface area contributed by atoms with E-state index >= 15 is 0 Å². The van der Waals surface area contributed by atoms with Gasteiger partial charge in [-0.05, 0) is 6.08 Å². The van der Waals surface area contributed by atoms with E-state index in [0.717, 1.165) is 5.57 Å². The molecule has 5 N–H and O–H groups in total. The topological polar surface area (TPSA) is 183 Å². The van der Waals surface area contributed by atoms with Crippen LogP contribution in [0.25, 0.3) is 0 Å². The van der Waals surface area contributed by atoms with Gasteiger partial charge in [-0.15, -0.1) is 5.73 Å². The molecule has 0 spiro atoms. The molecule has 0 aromatic heterocycles. The maximum absolute atomic E-state index is 12.7. The third-order valence-electron chi connectivity index (χ3n) is 7.07. The van der Waals surface area contributed by atoms with Crippen molar-refractivity contribution in [3.8, 4) is 0 Å². The van der Waals surface area contributed by atoms with Crippen molar-refractivity contribution in [1.82, 2.24) is 30.2 Å². The van der Waals surface area contributed by atoms with Gasteiger partial charge in [0.25, 0.3) is 0 Å². The lowest BCUT2D eigenvalue weighted by molar-refractivity contribution is -0.140. The second kappa shape index (κ2) is 17.4. The van der Waals surface area contributed by atoms with Crippen LogP contribution >= 0.6 is 0 Å². The summed E-state index contributed by atoms with van der Waals surface area (Å²) < 4.78 is 0. The van der Waals surface area contributed by atoms with Crippen molar-refractivity contribution in [3.63, 3.8) is 0 Å². The zero-order chi connectivity index (χ0) is 31.1. The third-order valence-corrected chi connectivity index (χ3v) is 7.07. The van der Waals surface area contributed by atoms with Gasteiger partial charge >= 0.3 is 17.9 Å². The molecule has 234 valence electrons. The molecule has 2 amide bonds. The summed E-state index contributed by atoms with van der Waals surface area (Å²) in [6.45, 7) is 6.32. The largest absolute Gasteiger partial charge is 0.480 e. The highest BCUT2D eigenvalue weighted by Gasteiger charge is 2.26. The zero-order valence-corrected chi connectivity index (χ0v) is 24.5. The molecule has 14 heteroatoms. The van der Waals surface area contributed by atoms with Crippen LogP contribution in [0.2, 0.25) is 0 Å². The van der Waals surface area contributed by atoms with Crippen LogP contribution in [-0.4, -0.2) is 156 Å². The highest BCUT2D eigenvalue weighted by atomic mass is 16.4. The van der Waals surface area contributed by atoms with Gasteiger partial charge in [0.15, 0.2) is 0 Å². The number of hydrogen-bond donors (Lipinski definition) is 5. The van der Waals surface area contributed by atoms with Crippen LogP contribution in [0.3, 0.4) is 0 Å². The van der Waals surface area contributed by atoms with E-state index in [2.05, 4.69) is 16.4 Å². The second-order valence-electron chi connectivity index (χ2n) is 11.1. The molecule has 0 saturated carbocycles. The van der Waals surface area contributed by atoms with E-state index in [9.17, 15) is 39.3 Å². The summed E-state index contributed by atoms with van der Waals surface area (Å²) in [6.07, 6.45) is 5.91. The molecule has 1 aliphatic heterocycles. The summed E-state index contributed by atoms with van der Waals surface area (Å²) >= 11 is 0. The average Bonchev–Trinajstić information content (AvgIpc) is 3.43. The van der Waals surface area contributed by atoms with Crippen molar-refractivity contribution >= 4 is 29.7 Å². The minimum absolute atomic E-state index is 0.0146. The molecule has 0 atom stereocenters. The van der Waals surface area contributed by atoms with Crippen molar-refractivity contribution in [3.05, 3.63) is 29.5 Å². The van der Waals surface area contributed by atoms with Crippen LogP contribution in [0, 0.1) is 5.41 Å². The predicted molar refractivity (Wildman–Crippen MR) is 154 cm³/mol. The van der Waals surface area contributed by atoms with Crippen molar-refractivity contribution < 1.29 is 39.3 Å². The first-order chi connectivity index (χ1) is 19.8. The van der Waals surface area contributed by atoms with Crippen LogP contribution in [0.4, 0.5) is 0 Å². The van der Waals surface area contributed by atoms with Crippen LogP contribution in [0.5, 0.6) is 0 Å². The molecule has 14 nitrogen and oxygen atoms in total. The third kappa shape index (κ3) is 13.9. The van der Waals surface area contributed by atoms with Gasteiger partial charge in [0, 0.05) is 82.9 Å². The normalized spacial score (nSPS) is 18.1. The molecule has 42 heavy (non-hydrogen) atoms. The number of hydrogen-bond acceptors (Lipinski definition) is 9. The summed E-state index contributed by atoms with van der Waals surface area (Å²) in [5, 5.41) is 33.6. The number of nitrogens with zero attached hydrogens (tertiary/aromatic N) is 4. The van der Waals surface area contributed by atoms with E-state index in [4.69, 9.17) is 0 Å². The molecular weight excluding hydrogens is 548 g/mol. The molecule has 2 rings (SSSR count). The molecule has 1 heterocycles. The highest BCUT2D eigenvalue weighted by molar-refractivity contribution is 5.79. The Morgan fingerprint density at radius 2 is 1.07 bits per heavy atom. The van der Waals surface area contributed by atoms with E-state index in [1.807, 2.05) is 37.0 Å². The smallest absolute Gasteiger partial charge is 0.317 e. The highest BCUT2D eigenvalue weighted by Crippen LogP contribution is 2.31. The Hall–Kier alpha value is -3.55. The van der Waals surface area contributed by atoms with Gasteiger partial charge in [-0.3, -0.25) is 43.6 Å². The van der Waals surface area contributed by atoms with Gasteiger partial charge in [-0.1, -0.05) is 26.0 Å². The molecule has 0 bridgehead atoms. The molecule has 2 aliphatic rings. The average molecular weight is 593 g/mol. The molecule has 1 aliphatic carbocycles. The monoisotopic (exact) mass is 592 g/mol. The van der Waals surface area contributed by atoms with Gasteiger partial charge in [0.1, 0.15) is 0 Å². The Kier molecular flexibility index (Phi) is 14.4. The lowest BCUT2D eigenvalue weighted by atomic mass is 9.81. The van der Waals surface area contributed by atoms with E-state index in [1.165, 1.54) is 0 Å². The fourth-order valence-electron chi connectivity index (χ4n) is 4.76. The summed E-state index contributed by atoms with van der Waals surface area (Å²) in [7, 11) is 0. The minimum atomic E-state index is -1.02. The quantitative estimate of drug-likeness (QED) is 0.120. The number of aliphatic carboxylic acids is 3. The number of carbonyl (C=O) groups is 5. The van der Waals surface area contributed by atoms with Gasteiger partial charge in [-0.25, -0.2) is 0 Å². The maximum Gasteiger partial charge on any atom is 0.317 e. The van der Waals surface area contributed by atoms with E-state index in [0.29, 0.717) is 52.4 Å². The first-order valence-corrected chi connectivity index (χ1v) is 14.1. The van der Waals surface area contributed by atoms with E-state index in [-0.39, 0.29) is 62.9 Å². The zero-order valence-electron chi connectivity index (χ0n) is 24.5. The second-order valence-corrected chi connectivity index (χ2v) is 11.1. The van der Waals surface area contributed by atoms with Crippen molar-refractivity contribution in [2.24, 2.45) is 5.41 Å². The first kappa shape index (κ1) is 34.7. The van der Waals surface area contributed by atoms with Crippen molar-refractivity contribution in [1.29, 1.82) is 0 Å². The SMILES string of the molecule is CC(C)(CC(=O)NCCNC(=O)CN1CCN(CC(=O)O)CCN(CC(=O)O)CCN(CC(=O)O)CC1)C1=C=CC=C1. The summed E-state index contributed by atoms with van der Waals surface area (Å²) in [5.74, 6) is -3.45. The van der Waals surface area contributed by atoms with Crippen LogP contribution < -0.4 is 10.6 Å². The number of nitrogens with one attached hydrogen (secondary N) is 2. The maximum atomic E-state index is 12.7. The lowest BCUT2D eigenvalue weighted by Gasteiger charge is -2.32. The van der Waals surface area contributed by atoms with Crippen LogP contribution in [0.15, 0.2) is 29.5 Å². The number of carboxylic acid groups (broad SMARTS) is 3. The lowest BCUT2D eigenvalue weighted by Crippen LogP contribution is -2.50. The number of carboxylic acids is 3. The fraction of sp³-hybridized carbons (Fsp3) is 0.643. The minimum Gasteiger partial charge on any atom is -0.480 e. The molecule has 0 unspecified atom stereocenters. The van der Waals surface area contributed by atoms with Gasteiger partial charge in [-0.2, -0.15) is 0 Å². The Morgan fingerprint density at radius 3 is 1.43 bits per heavy atom. The van der Waals surface area contributed by atoms with E-state index < -0.39 is 17.9 Å². The molecule has 0 aromatic rings. The van der Waals surface area contributed by atoms with Crippen LogP contribution in [0.1, 0.15) is 20.3 Å². The molecule has 1 fully saturated rings. The molecular formula is C28H44N6O8. The number of amides is 2. The van der Waals surface area contributed by atoms with Gasteiger partial charge in [0.05, 0.1) is 26.2 Å². The predicted octanol–water partition coefficient (Wildman–Crippen LogP) is -1.24. The van der Waals surface area contributed by atoms with Crippen molar-refractivity contribution in [2.45, 2.75) is 20.3 Å². The molecule has 0 aromatic carbocycles.